The summed E-state index contributed by atoms with van der Waals surface area (Å²) in [5, 5.41) is 16.5. The number of aldehydes is 1. The van der Waals surface area contributed by atoms with Crippen LogP contribution in [0.3, 0.4) is 0 Å². The summed E-state index contributed by atoms with van der Waals surface area (Å²) in [7, 11) is 0. The number of aliphatic hydroxyl groups is 1. The lowest BCUT2D eigenvalue weighted by atomic mass is 10.2. The first-order chi connectivity index (χ1) is 4.70. The Kier molecular flexibility index (Phi) is 4.15. The molecule has 0 aromatic heterocycles. The highest BCUT2D eigenvalue weighted by Gasteiger charge is 1.94. The van der Waals surface area contributed by atoms with Crippen molar-refractivity contribution in [1.29, 1.82) is 0 Å². The number of hydrogen-bond donors (Lipinski definition) is 2. The van der Waals surface area contributed by atoms with E-state index in [4.69, 9.17) is 10.2 Å². The van der Waals surface area contributed by atoms with Gasteiger partial charge in [-0.1, -0.05) is 6.08 Å². The summed E-state index contributed by atoms with van der Waals surface area (Å²) >= 11 is 0. The summed E-state index contributed by atoms with van der Waals surface area (Å²) in [6.07, 6.45) is 1.38. The first-order valence-electron chi connectivity index (χ1n) is 2.67. The van der Waals surface area contributed by atoms with Crippen LogP contribution in [-0.4, -0.2) is 29.1 Å². The molecule has 0 heterocycles. The molecule has 0 fully saturated rings. The Hall–Kier alpha value is -1.16. The Balaban J connectivity index is 3.86. The largest absolute Gasteiger partial charge is 0.481 e. The lowest BCUT2D eigenvalue weighted by molar-refractivity contribution is -0.136. The smallest absolute Gasteiger partial charge is 0.307 e. The van der Waals surface area contributed by atoms with E-state index in [1.54, 1.807) is 0 Å². The van der Waals surface area contributed by atoms with Crippen molar-refractivity contribution >= 4 is 12.3 Å². The van der Waals surface area contributed by atoms with Gasteiger partial charge < -0.3 is 10.2 Å². The van der Waals surface area contributed by atoms with E-state index < -0.39 is 12.6 Å². The van der Waals surface area contributed by atoms with Crippen molar-refractivity contribution in [3.63, 3.8) is 0 Å². The van der Waals surface area contributed by atoms with E-state index >= 15 is 0 Å². The summed E-state index contributed by atoms with van der Waals surface area (Å²) in [4.78, 5) is 19.8. The first-order valence-corrected chi connectivity index (χ1v) is 2.67. The molecule has 0 aliphatic rings. The van der Waals surface area contributed by atoms with E-state index in [1.807, 2.05) is 0 Å². The molecule has 0 aromatic rings. The summed E-state index contributed by atoms with van der Waals surface area (Å²) in [6.45, 7) is -0.406. The van der Waals surface area contributed by atoms with Crippen molar-refractivity contribution in [2.24, 2.45) is 0 Å². The van der Waals surface area contributed by atoms with Gasteiger partial charge >= 0.3 is 5.97 Å². The predicted octanol–water partition coefficient (Wildman–Crippen LogP) is -0.421. The molecule has 0 aliphatic heterocycles. The average molecular weight is 144 g/mol. The first kappa shape index (κ1) is 8.84. The lowest BCUT2D eigenvalue weighted by Gasteiger charge is -1.89. The summed E-state index contributed by atoms with van der Waals surface area (Å²) in [6, 6.07) is 0. The van der Waals surface area contributed by atoms with Gasteiger partial charge in [-0.15, -0.1) is 0 Å². The molecule has 2 N–H and O–H groups in total. The number of carboxylic acid groups (broad SMARTS) is 1. The van der Waals surface area contributed by atoms with E-state index in [-0.39, 0.29) is 12.0 Å². The second kappa shape index (κ2) is 4.69. The molecule has 0 spiro atoms. The highest BCUT2D eigenvalue weighted by molar-refractivity contribution is 5.76. The van der Waals surface area contributed by atoms with Gasteiger partial charge in [0.05, 0.1) is 13.0 Å². The topological polar surface area (TPSA) is 74.6 Å². The number of carboxylic acids is 1. The fraction of sp³-hybridized carbons (Fsp3) is 0.333. The zero-order chi connectivity index (χ0) is 7.98. The van der Waals surface area contributed by atoms with Gasteiger partial charge in [-0.2, -0.15) is 0 Å². The van der Waals surface area contributed by atoms with E-state index in [2.05, 4.69) is 0 Å². The van der Waals surface area contributed by atoms with Crippen molar-refractivity contribution in [1.82, 2.24) is 0 Å². The van der Waals surface area contributed by atoms with Crippen LogP contribution >= 0.6 is 0 Å². The lowest BCUT2D eigenvalue weighted by Crippen LogP contribution is -1.96. The van der Waals surface area contributed by atoms with E-state index in [1.165, 1.54) is 6.08 Å². The van der Waals surface area contributed by atoms with Crippen molar-refractivity contribution in [3.05, 3.63) is 11.6 Å². The Labute approximate surface area is 57.8 Å². The zero-order valence-electron chi connectivity index (χ0n) is 5.28. The molecule has 0 aromatic carbocycles. The molecule has 10 heavy (non-hydrogen) atoms. The third-order valence-corrected chi connectivity index (χ3v) is 0.873. The molecular formula is C6H8O4. The minimum Gasteiger partial charge on any atom is -0.481 e. The summed E-state index contributed by atoms with van der Waals surface area (Å²) in [5.74, 6) is -1.02. The number of carbonyl (C=O) groups is 2. The van der Waals surface area contributed by atoms with Crippen LogP contribution in [0.1, 0.15) is 6.42 Å². The second-order valence-electron chi connectivity index (χ2n) is 1.65. The molecule has 0 saturated heterocycles. The van der Waals surface area contributed by atoms with Crippen LogP contribution in [0.2, 0.25) is 0 Å². The normalized spacial score (nSPS) is 11.1. The monoisotopic (exact) mass is 144 g/mol. The standard InChI is InChI=1S/C6H8O4/c7-3-5(4-8)1-2-6(9)10/h1,3,8H,2,4H2,(H,9,10). The number of aliphatic carboxylic acids is 1. The van der Waals surface area contributed by atoms with Gasteiger partial charge in [0.25, 0.3) is 0 Å². The third kappa shape index (κ3) is 3.80. The molecule has 0 atom stereocenters. The molecule has 0 bridgehead atoms. The molecule has 0 saturated carbocycles. The van der Waals surface area contributed by atoms with Crippen LogP contribution in [0.25, 0.3) is 0 Å². The molecule has 4 nitrogen and oxygen atoms in total. The van der Waals surface area contributed by atoms with E-state index in [9.17, 15) is 9.59 Å². The molecule has 0 aliphatic carbocycles. The fourth-order valence-corrected chi connectivity index (χ4v) is 0.368. The zero-order valence-corrected chi connectivity index (χ0v) is 5.28. The molecule has 0 amide bonds. The van der Waals surface area contributed by atoms with Crippen LogP contribution in [0, 0.1) is 0 Å². The third-order valence-electron chi connectivity index (χ3n) is 0.873. The van der Waals surface area contributed by atoms with Crippen molar-refractivity contribution in [2.75, 3.05) is 6.61 Å². The van der Waals surface area contributed by atoms with Crippen molar-refractivity contribution in [3.8, 4) is 0 Å². The van der Waals surface area contributed by atoms with Gasteiger partial charge in [0.2, 0.25) is 0 Å². The highest BCUT2D eigenvalue weighted by atomic mass is 16.4. The average Bonchev–Trinajstić information content (AvgIpc) is 1.90. The quantitative estimate of drug-likeness (QED) is 0.415. The van der Waals surface area contributed by atoms with Gasteiger partial charge in [-0.3, -0.25) is 9.59 Å². The van der Waals surface area contributed by atoms with E-state index in [0.29, 0.717) is 6.29 Å². The molecule has 0 unspecified atom stereocenters. The maximum atomic E-state index is 9.93. The summed E-state index contributed by atoms with van der Waals surface area (Å²) in [5.41, 5.74) is 0.0994. The molecule has 0 rings (SSSR count). The fourth-order valence-electron chi connectivity index (χ4n) is 0.368. The maximum absolute atomic E-state index is 9.93. The Morgan fingerprint density at radius 1 is 1.50 bits per heavy atom. The van der Waals surface area contributed by atoms with Crippen LogP contribution in [0.5, 0.6) is 0 Å². The molecule has 56 valence electrons. The Morgan fingerprint density at radius 2 is 2.10 bits per heavy atom. The van der Waals surface area contributed by atoms with E-state index in [0.717, 1.165) is 0 Å². The second-order valence-corrected chi connectivity index (χ2v) is 1.65. The Morgan fingerprint density at radius 3 is 2.40 bits per heavy atom. The van der Waals surface area contributed by atoms with Gasteiger partial charge in [-0.05, 0) is 0 Å². The summed E-state index contributed by atoms with van der Waals surface area (Å²) < 4.78 is 0. The molecule has 0 radical (unpaired) electrons. The highest BCUT2D eigenvalue weighted by Crippen LogP contribution is 1.90. The van der Waals surface area contributed by atoms with Crippen LogP contribution in [0.4, 0.5) is 0 Å². The van der Waals surface area contributed by atoms with Crippen LogP contribution < -0.4 is 0 Å². The van der Waals surface area contributed by atoms with Gasteiger partial charge in [0, 0.05) is 5.57 Å². The molecule has 4 heteroatoms. The number of hydrogen-bond acceptors (Lipinski definition) is 3. The number of aliphatic hydroxyl groups excluding tert-OH is 1. The van der Waals surface area contributed by atoms with Gasteiger partial charge in [0.1, 0.15) is 6.29 Å². The predicted molar refractivity (Wildman–Crippen MR) is 33.5 cm³/mol. The van der Waals surface area contributed by atoms with Gasteiger partial charge in [0.15, 0.2) is 0 Å². The number of rotatable bonds is 4. The van der Waals surface area contributed by atoms with Crippen LogP contribution in [-0.2, 0) is 9.59 Å². The molecular weight excluding hydrogens is 136 g/mol. The minimum atomic E-state index is -1.02. The van der Waals surface area contributed by atoms with Crippen molar-refractivity contribution < 1.29 is 19.8 Å². The SMILES string of the molecule is O=CC(=CCC(=O)O)CO. The minimum absolute atomic E-state index is 0.0994. The van der Waals surface area contributed by atoms with Gasteiger partial charge in [-0.25, -0.2) is 0 Å². The van der Waals surface area contributed by atoms with Crippen LogP contribution in [0.15, 0.2) is 11.6 Å². The Bertz CT molecular complexity index is 159. The van der Waals surface area contributed by atoms with Crippen molar-refractivity contribution in [2.45, 2.75) is 6.42 Å². The number of carbonyl (C=O) groups excluding carboxylic acids is 1. The maximum Gasteiger partial charge on any atom is 0.307 e.